The number of hydrogen-bond donors (Lipinski definition) is 0. The summed E-state index contributed by atoms with van der Waals surface area (Å²) in [6.45, 7) is 5.38. The van der Waals surface area contributed by atoms with Crippen LogP contribution in [0.3, 0.4) is 0 Å². The lowest BCUT2D eigenvalue weighted by Crippen LogP contribution is -2.32. The third-order valence-corrected chi connectivity index (χ3v) is 1.37. The highest BCUT2D eigenvalue weighted by Crippen LogP contribution is 2.06. The Kier molecular flexibility index (Phi) is 2.52. The molecule has 0 heterocycles. The van der Waals surface area contributed by atoms with E-state index in [2.05, 4.69) is 0 Å². The molecule has 1 atom stereocenters. The third kappa shape index (κ3) is 1.96. The van der Waals surface area contributed by atoms with Gasteiger partial charge in [0.15, 0.2) is 0 Å². The van der Waals surface area contributed by atoms with E-state index in [4.69, 9.17) is 0 Å². The lowest BCUT2D eigenvalue weighted by molar-refractivity contribution is -0.312. The minimum Gasteiger partial charge on any atom is -0.550 e. The zero-order valence-electron chi connectivity index (χ0n) is 5.47. The van der Waals surface area contributed by atoms with Crippen molar-refractivity contribution < 1.29 is 9.90 Å². The number of carbonyl (C=O) groups excluding carboxylic acids is 1. The Morgan fingerprint density at radius 3 is 1.75 bits per heavy atom. The molecular formula is C6H11O2-. The van der Waals surface area contributed by atoms with Crippen LogP contribution in [0.2, 0.25) is 0 Å². The molecule has 0 unspecified atom stereocenters. The first-order valence-corrected chi connectivity index (χ1v) is 2.76. The second-order valence-corrected chi connectivity index (χ2v) is 2.35. The van der Waals surface area contributed by atoms with Crippen LogP contribution in [0.25, 0.3) is 0 Å². The first-order valence-electron chi connectivity index (χ1n) is 2.76. The van der Waals surface area contributed by atoms with Gasteiger partial charge in [0, 0.05) is 5.97 Å². The molecule has 48 valence electrons. The van der Waals surface area contributed by atoms with E-state index < -0.39 is 5.97 Å². The van der Waals surface area contributed by atoms with Crippen molar-refractivity contribution in [3.05, 3.63) is 0 Å². The molecule has 0 aliphatic rings. The van der Waals surface area contributed by atoms with Gasteiger partial charge in [-0.2, -0.15) is 0 Å². The fourth-order valence-corrected chi connectivity index (χ4v) is 0.272. The predicted octanol–water partition coefficient (Wildman–Crippen LogP) is 0.0284. The van der Waals surface area contributed by atoms with Gasteiger partial charge in [0.1, 0.15) is 0 Å². The molecule has 0 aromatic rings. The van der Waals surface area contributed by atoms with Crippen LogP contribution in [0, 0.1) is 11.8 Å². The number of rotatable bonds is 2. The monoisotopic (exact) mass is 115 g/mol. The molecule has 0 aromatic heterocycles. The fourth-order valence-electron chi connectivity index (χ4n) is 0.272. The number of aliphatic carboxylic acids is 1. The molecular weight excluding hydrogens is 104 g/mol. The quantitative estimate of drug-likeness (QED) is 0.509. The summed E-state index contributed by atoms with van der Waals surface area (Å²) < 4.78 is 0. The van der Waals surface area contributed by atoms with Crippen LogP contribution in [0.4, 0.5) is 0 Å². The molecule has 0 aliphatic heterocycles. The minimum atomic E-state index is -0.958. The van der Waals surface area contributed by atoms with Crippen molar-refractivity contribution in [1.82, 2.24) is 0 Å². The molecule has 2 heteroatoms. The summed E-state index contributed by atoms with van der Waals surface area (Å²) in [6, 6.07) is 0. The maximum Gasteiger partial charge on any atom is 0.0445 e. The molecule has 0 radical (unpaired) electrons. The van der Waals surface area contributed by atoms with E-state index in [1.54, 1.807) is 6.92 Å². The van der Waals surface area contributed by atoms with Crippen molar-refractivity contribution in [1.29, 1.82) is 0 Å². The van der Waals surface area contributed by atoms with Crippen molar-refractivity contribution in [2.75, 3.05) is 0 Å². The van der Waals surface area contributed by atoms with Crippen molar-refractivity contribution in [2.24, 2.45) is 11.8 Å². The highest BCUT2D eigenvalue weighted by atomic mass is 16.4. The minimum absolute atomic E-state index is 0.181. The zero-order valence-corrected chi connectivity index (χ0v) is 5.47. The number of carboxylic acids is 1. The predicted molar refractivity (Wildman–Crippen MR) is 29.0 cm³/mol. The summed E-state index contributed by atoms with van der Waals surface area (Å²) in [5.74, 6) is -1.10. The van der Waals surface area contributed by atoms with Gasteiger partial charge in [-0.1, -0.05) is 20.8 Å². The van der Waals surface area contributed by atoms with E-state index in [1.807, 2.05) is 13.8 Å². The van der Waals surface area contributed by atoms with Crippen LogP contribution in [0.15, 0.2) is 0 Å². The third-order valence-electron chi connectivity index (χ3n) is 1.37. The summed E-state index contributed by atoms with van der Waals surface area (Å²) in [5, 5.41) is 10.0. The molecule has 0 aliphatic carbocycles. The first kappa shape index (κ1) is 7.47. The highest BCUT2D eigenvalue weighted by Gasteiger charge is 2.05. The van der Waals surface area contributed by atoms with Gasteiger partial charge in [0.2, 0.25) is 0 Å². The largest absolute Gasteiger partial charge is 0.550 e. The van der Waals surface area contributed by atoms with Crippen molar-refractivity contribution in [3.63, 3.8) is 0 Å². The maximum absolute atomic E-state index is 10.0. The number of carboxylic acid groups (broad SMARTS) is 1. The van der Waals surface area contributed by atoms with Crippen molar-refractivity contribution >= 4 is 5.97 Å². The van der Waals surface area contributed by atoms with Gasteiger partial charge in [0.25, 0.3) is 0 Å². The Hall–Kier alpha value is -0.530. The van der Waals surface area contributed by atoms with E-state index in [9.17, 15) is 9.90 Å². The van der Waals surface area contributed by atoms with Gasteiger partial charge in [-0.25, -0.2) is 0 Å². The van der Waals surface area contributed by atoms with Crippen LogP contribution in [0.1, 0.15) is 20.8 Å². The topological polar surface area (TPSA) is 40.1 Å². The van der Waals surface area contributed by atoms with Gasteiger partial charge >= 0.3 is 0 Å². The Balaban J connectivity index is 3.64. The smallest absolute Gasteiger partial charge is 0.0445 e. The Bertz CT molecular complexity index is 86.5. The summed E-state index contributed by atoms with van der Waals surface area (Å²) in [7, 11) is 0. The van der Waals surface area contributed by atoms with Gasteiger partial charge < -0.3 is 9.90 Å². The molecule has 0 rings (SSSR count). The normalized spacial score (nSPS) is 14.0. The van der Waals surface area contributed by atoms with E-state index >= 15 is 0 Å². The van der Waals surface area contributed by atoms with Crippen LogP contribution in [0.5, 0.6) is 0 Å². The van der Waals surface area contributed by atoms with Gasteiger partial charge in [-0.05, 0) is 11.8 Å². The lowest BCUT2D eigenvalue weighted by Gasteiger charge is -2.15. The van der Waals surface area contributed by atoms with E-state index in [0.717, 1.165) is 0 Å². The van der Waals surface area contributed by atoms with Crippen LogP contribution in [-0.4, -0.2) is 5.97 Å². The zero-order chi connectivity index (χ0) is 6.73. The molecule has 0 aromatic carbocycles. The van der Waals surface area contributed by atoms with E-state index in [0.29, 0.717) is 0 Å². The fraction of sp³-hybridized carbons (Fsp3) is 0.833. The molecule has 0 N–H and O–H groups in total. The highest BCUT2D eigenvalue weighted by molar-refractivity contribution is 5.67. The lowest BCUT2D eigenvalue weighted by atomic mass is 9.99. The average Bonchev–Trinajstić information content (AvgIpc) is 1.64. The number of carbonyl (C=O) groups is 1. The Morgan fingerprint density at radius 2 is 1.75 bits per heavy atom. The summed E-state index contributed by atoms with van der Waals surface area (Å²) in [5.41, 5.74) is 0. The summed E-state index contributed by atoms with van der Waals surface area (Å²) >= 11 is 0. The molecule has 8 heavy (non-hydrogen) atoms. The molecule has 0 fully saturated rings. The van der Waals surface area contributed by atoms with Crippen LogP contribution >= 0.6 is 0 Å². The SMILES string of the molecule is CC(C)[C@@H](C)C(=O)[O-]. The van der Waals surface area contributed by atoms with Crippen molar-refractivity contribution in [2.45, 2.75) is 20.8 Å². The van der Waals surface area contributed by atoms with E-state index in [-0.39, 0.29) is 11.8 Å². The molecule has 2 nitrogen and oxygen atoms in total. The first-order chi connectivity index (χ1) is 3.55. The van der Waals surface area contributed by atoms with Crippen LogP contribution < -0.4 is 5.11 Å². The molecule has 0 bridgehead atoms. The second-order valence-electron chi connectivity index (χ2n) is 2.35. The maximum atomic E-state index is 10.0. The molecule has 0 amide bonds. The second kappa shape index (κ2) is 2.70. The average molecular weight is 115 g/mol. The number of hydrogen-bond acceptors (Lipinski definition) is 2. The van der Waals surface area contributed by atoms with Crippen LogP contribution in [-0.2, 0) is 4.79 Å². The Morgan fingerprint density at radius 1 is 1.38 bits per heavy atom. The van der Waals surface area contributed by atoms with E-state index in [1.165, 1.54) is 0 Å². The Labute approximate surface area is 49.5 Å². The molecule has 0 saturated heterocycles. The summed E-state index contributed by atoms with van der Waals surface area (Å²) in [4.78, 5) is 10.0. The molecule has 0 saturated carbocycles. The standard InChI is InChI=1S/C6H12O2/c1-4(2)5(3)6(7)8/h4-5H,1-3H3,(H,7,8)/p-1/t5-/m1/s1. The summed E-state index contributed by atoms with van der Waals surface area (Å²) in [6.07, 6.45) is 0. The van der Waals surface area contributed by atoms with Gasteiger partial charge in [0.05, 0.1) is 0 Å². The molecule has 0 spiro atoms. The van der Waals surface area contributed by atoms with Gasteiger partial charge in [-0.15, -0.1) is 0 Å². The van der Waals surface area contributed by atoms with Gasteiger partial charge in [-0.3, -0.25) is 0 Å². The van der Waals surface area contributed by atoms with Crippen molar-refractivity contribution in [3.8, 4) is 0 Å².